The van der Waals surface area contributed by atoms with Crippen LogP contribution in [0.1, 0.15) is 21.7 Å². The van der Waals surface area contributed by atoms with Crippen LogP contribution in [0.3, 0.4) is 0 Å². The molecule has 0 saturated heterocycles. The summed E-state index contributed by atoms with van der Waals surface area (Å²) < 4.78 is 0. The van der Waals surface area contributed by atoms with Crippen LogP contribution in [0, 0.1) is 6.92 Å². The average Bonchev–Trinajstić information content (AvgIpc) is 3.02. The fourth-order valence-electron chi connectivity index (χ4n) is 2.62. The highest BCUT2D eigenvalue weighted by atomic mass is 35.5. The van der Waals surface area contributed by atoms with Gasteiger partial charge in [-0.15, -0.1) is 11.3 Å². The molecule has 0 radical (unpaired) electrons. The fourth-order valence-corrected chi connectivity index (χ4v) is 3.56. The summed E-state index contributed by atoms with van der Waals surface area (Å²) in [6.45, 7) is 2.57. The van der Waals surface area contributed by atoms with Gasteiger partial charge in [0.25, 0.3) is 0 Å². The van der Waals surface area contributed by atoms with E-state index in [1.165, 1.54) is 11.1 Å². The van der Waals surface area contributed by atoms with Gasteiger partial charge in [0.2, 0.25) is 0 Å². The van der Waals surface area contributed by atoms with Crippen LogP contribution in [0.4, 0.5) is 0 Å². The maximum atomic E-state index is 6.48. The first-order valence-corrected chi connectivity index (χ1v) is 8.40. The lowest BCUT2D eigenvalue weighted by Crippen LogP contribution is -2.01. The van der Waals surface area contributed by atoms with Crippen molar-refractivity contribution in [2.45, 2.75) is 19.9 Å². The van der Waals surface area contributed by atoms with Gasteiger partial charge in [0.05, 0.1) is 5.01 Å². The normalized spacial score (nSPS) is 10.9. The van der Waals surface area contributed by atoms with Gasteiger partial charge in [-0.2, -0.15) is 0 Å². The predicted octanol–water partition coefficient (Wildman–Crippen LogP) is 4.82. The van der Waals surface area contributed by atoms with Crippen molar-refractivity contribution in [2.24, 2.45) is 5.73 Å². The Morgan fingerprint density at radius 3 is 2.77 bits per heavy atom. The summed E-state index contributed by atoms with van der Waals surface area (Å²) in [5.74, 6) is 0. The molecule has 1 heterocycles. The number of halogens is 1. The van der Waals surface area contributed by atoms with Crippen molar-refractivity contribution in [3.05, 3.63) is 74.7 Å². The number of nitrogens with two attached hydrogens (primary N) is 1. The van der Waals surface area contributed by atoms with Crippen molar-refractivity contribution >= 4 is 22.9 Å². The molecular formula is C18H17ClN2S. The molecule has 1 aromatic heterocycles. The average molecular weight is 329 g/mol. The van der Waals surface area contributed by atoms with E-state index in [1.54, 1.807) is 11.3 Å². The number of aromatic nitrogens is 1. The summed E-state index contributed by atoms with van der Waals surface area (Å²) in [6, 6.07) is 12.4. The second-order valence-electron chi connectivity index (χ2n) is 5.24. The summed E-state index contributed by atoms with van der Waals surface area (Å²) in [7, 11) is 0. The number of nitrogens with zero attached hydrogens (tertiary/aromatic N) is 1. The Kier molecular flexibility index (Phi) is 4.57. The monoisotopic (exact) mass is 328 g/mol. The van der Waals surface area contributed by atoms with Gasteiger partial charge in [-0.1, -0.05) is 47.5 Å². The molecule has 0 bridgehead atoms. The second-order valence-corrected chi connectivity index (χ2v) is 6.63. The lowest BCUT2D eigenvalue weighted by molar-refractivity contribution is 1.07. The van der Waals surface area contributed by atoms with Crippen molar-refractivity contribution in [2.75, 3.05) is 0 Å². The number of thiazole rings is 1. The zero-order chi connectivity index (χ0) is 15.5. The zero-order valence-electron chi connectivity index (χ0n) is 12.3. The van der Waals surface area contributed by atoms with Gasteiger partial charge in [0.15, 0.2) is 0 Å². The lowest BCUT2D eigenvalue weighted by Gasteiger charge is -2.15. The molecule has 3 rings (SSSR count). The van der Waals surface area contributed by atoms with Crippen molar-refractivity contribution in [3.63, 3.8) is 0 Å². The Bertz CT molecular complexity index is 782. The van der Waals surface area contributed by atoms with Crippen molar-refractivity contribution in [3.8, 4) is 11.1 Å². The maximum absolute atomic E-state index is 6.48. The van der Waals surface area contributed by atoms with Crippen molar-refractivity contribution in [1.82, 2.24) is 4.98 Å². The zero-order valence-corrected chi connectivity index (χ0v) is 13.9. The van der Waals surface area contributed by atoms with Gasteiger partial charge in [-0.05, 0) is 29.7 Å². The second kappa shape index (κ2) is 6.61. The Morgan fingerprint density at radius 1 is 1.18 bits per heavy atom. The van der Waals surface area contributed by atoms with Crippen LogP contribution >= 0.6 is 22.9 Å². The van der Waals surface area contributed by atoms with E-state index in [1.807, 2.05) is 29.8 Å². The van der Waals surface area contributed by atoms with E-state index in [0.717, 1.165) is 33.1 Å². The van der Waals surface area contributed by atoms with Gasteiger partial charge >= 0.3 is 0 Å². The Hall–Kier alpha value is -1.68. The maximum Gasteiger partial charge on any atom is 0.0968 e. The minimum atomic E-state index is 0.473. The van der Waals surface area contributed by atoms with E-state index in [-0.39, 0.29) is 0 Å². The molecule has 4 heteroatoms. The van der Waals surface area contributed by atoms with Crippen molar-refractivity contribution < 1.29 is 0 Å². The summed E-state index contributed by atoms with van der Waals surface area (Å²) in [6.07, 6.45) is 2.65. The highest BCUT2D eigenvalue weighted by Crippen LogP contribution is 2.35. The Labute approximate surface area is 139 Å². The van der Waals surface area contributed by atoms with Crippen LogP contribution in [0.25, 0.3) is 11.1 Å². The predicted molar refractivity (Wildman–Crippen MR) is 94.4 cm³/mol. The molecule has 0 atom stereocenters. The van der Waals surface area contributed by atoms with Crippen LogP contribution < -0.4 is 5.73 Å². The standard InChI is InChI=1S/C18H17ClN2S/c1-12-5-6-13(10-17-21-7-8-22-17)15(9-12)18-14(11-20)3-2-4-16(18)19/h2-9H,10-11,20H2,1H3. The van der Waals surface area contributed by atoms with Crippen LogP contribution in [-0.2, 0) is 13.0 Å². The summed E-state index contributed by atoms with van der Waals surface area (Å²) in [4.78, 5) is 4.39. The van der Waals surface area contributed by atoms with E-state index >= 15 is 0 Å². The highest BCUT2D eigenvalue weighted by Gasteiger charge is 2.14. The van der Waals surface area contributed by atoms with Crippen molar-refractivity contribution in [1.29, 1.82) is 0 Å². The first-order valence-electron chi connectivity index (χ1n) is 7.14. The fraction of sp³-hybridized carbons (Fsp3) is 0.167. The minimum absolute atomic E-state index is 0.473. The van der Waals surface area contributed by atoms with E-state index < -0.39 is 0 Å². The van der Waals surface area contributed by atoms with Gasteiger partial charge in [-0.25, -0.2) is 4.98 Å². The van der Waals surface area contributed by atoms with Crippen LogP contribution in [-0.4, -0.2) is 4.98 Å². The van der Waals surface area contributed by atoms with Gasteiger partial charge in [0.1, 0.15) is 0 Å². The summed E-state index contributed by atoms with van der Waals surface area (Å²) >= 11 is 8.15. The minimum Gasteiger partial charge on any atom is -0.326 e. The quantitative estimate of drug-likeness (QED) is 0.745. The summed E-state index contributed by atoms with van der Waals surface area (Å²) in [5.41, 5.74) is 11.6. The first-order chi connectivity index (χ1) is 10.7. The van der Waals surface area contributed by atoms with Crippen LogP contribution in [0.2, 0.25) is 5.02 Å². The molecule has 2 aromatic carbocycles. The highest BCUT2D eigenvalue weighted by molar-refractivity contribution is 7.09. The number of hydrogen-bond acceptors (Lipinski definition) is 3. The number of hydrogen-bond donors (Lipinski definition) is 1. The molecule has 2 nitrogen and oxygen atoms in total. The molecule has 0 aliphatic rings. The smallest absolute Gasteiger partial charge is 0.0968 e. The lowest BCUT2D eigenvalue weighted by atomic mass is 9.92. The van der Waals surface area contributed by atoms with Crippen LogP contribution in [0.5, 0.6) is 0 Å². The molecule has 112 valence electrons. The first kappa shape index (κ1) is 15.2. The number of aryl methyl sites for hydroxylation is 1. The topological polar surface area (TPSA) is 38.9 Å². The van der Waals surface area contributed by atoms with Gasteiger partial charge in [-0.3, -0.25) is 0 Å². The Balaban J connectivity index is 2.16. The third kappa shape index (κ3) is 3.07. The molecule has 2 N–H and O–H groups in total. The molecule has 0 amide bonds. The molecule has 3 aromatic rings. The molecule has 0 unspecified atom stereocenters. The van der Waals surface area contributed by atoms with Gasteiger partial charge in [0, 0.05) is 35.1 Å². The molecular weight excluding hydrogens is 312 g/mol. The Morgan fingerprint density at radius 2 is 2.05 bits per heavy atom. The largest absolute Gasteiger partial charge is 0.326 e. The van der Waals surface area contributed by atoms with Gasteiger partial charge < -0.3 is 5.73 Å². The third-order valence-corrected chi connectivity index (χ3v) is 4.77. The third-order valence-electron chi connectivity index (χ3n) is 3.68. The molecule has 0 saturated carbocycles. The van der Waals surface area contributed by atoms with E-state index in [9.17, 15) is 0 Å². The number of benzene rings is 2. The van der Waals surface area contributed by atoms with Crippen LogP contribution in [0.15, 0.2) is 48.0 Å². The molecule has 0 aliphatic carbocycles. The van der Waals surface area contributed by atoms with E-state index in [4.69, 9.17) is 17.3 Å². The van der Waals surface area contributed by atoms with E-state index in [2.05, 4.69) is 30.1 Å². The molecule has 0 aliphatic heterocycles. The molecule has 0 fully saturated rings. The summed E-state index contributed by atoms with van der Waals surface area (Å²) in [5, 5.41) is 3.85. The molecule has 0 spiro atoms. The number of rotatable bonds is 4. The molecule has 22 heavy (non-hydrogen) atoms. The SMILES string of the molecule is Cc1ccc(Cc2nccs2)c(-c2c(Cl)cccc2CN)c1. The van der Waals surface area contributed by atoms with E-state index in [0.29, 0.717) is 6.54 Å².